The summed E-state index contributed by atoms with van der Waals surface area (Å²) in [5.41, 5.74) is 2.17. The number of fused-ring (bicyclic) bond motifs is 3. The molecule has 0 amide bonds. The third kappa shape index (κ3) is 4.60. The lowest BCUT2D eigenvalue weighted by atomic mass is 9.54. The Morgan fingerprint density at radius 3 is 2.27 bits per heavy atom. The molecule has 214 valence electrons. The fourth-order valence-electron chi connectivity index (χ4n) is 7.34. The lowest BCUT2D eigenvalue weighted by molar-refractivity contribution is -0.165. The van der Waals surface area contributed by atoms with Gasteiger partial charge in [0.2, 0.25) is 5.78 Å². The number of aryl methyl sites for hydroxylation is 3. The van der Waals surface area contributed by atoms with E-state index in [1.54, 1.807) is 19.1 Å². The van der Waals surface area contributed by atoms with Crippen LogP contribution in [0.1, 0.15) is 89.9 Å². The van der Waals surface area contributed by atoms with E-state index in [0.717, 1.165) is 23.1 Å². The van der Waals surface area contributed by atoms with E-state index in [2.05, 4.69) is 0 Å². The molecule has 1 saturated carbocycles. The maximum absolute atomic E-state index is 14.0. The first-order valence-corrected chi connectivity index (χ1v) is 14.4. The van der Waals surface area contributed by atoms with Gasteiger partial charge in [-0.25, -0.2) is 0 Å². The molecule has 3 aliphatic rings. The molecule has 2 aromatic carbocycles. The van der Waals surface area contributed by atoms with E-state index < -0.39 is 40.6 Å². The van der Waals surface area contributed by atoms with Crippen LogP contribution >= 0.6 is 0 Å². The number of allylic oxidation sites excluding steroid dienone is 1. The molecule has 2 N–H and O–H groups in total. The minimum absolute atomic E-state index is 0.00680. The number of rotatable bonds is 7. The average molecular weight is 557 g/mol. The first-order chi connectivity index (χ1) is 19.4. The summed E-state index contributed by atoms with van der Waals surface area (Å²) in [6, 6.07) is 9.38. The van der Waals surface area contributed by atoms with Gasteiger partial charge in [-0.3, -0.25) is 24.0 Å². The highest BCUT2D eigenvalue weighted by atomic mass is 16.3. The molecule has 7 heteroatoms. The number of aliphatic hydroxyl groups is 1. The number of phenols is 1. The van der Waals surface area contributed by atoms with Crippen LogP contribution in [0, 0.1) is 17.8 Å². The molecular formula is C34H36O7. The summed E-state index contributed by atoms with van der Waals surface area (Å²) in [4.78, 5) is 64.9. The molecule has 0 saturated heterocycles. The monoisotopic (exact) mass is 556 g/mol. The topological polar surface area (TPSA) is 126 Å². The smallest absolute Gasteiger partial charge is 0.205 e. The fraction of sp³-hybridized carbons (Fsp3) is 0.441. The molecule has 0 bridgehead atoms. The molecule has 2 aromatic rings. The number of ketones is 5. The summed E-state index contributed by atoms with van der Waals surface area (Å²) in [5.74, 6) is -5.25. The molecule has 41 heavy (non-hydrogen) atoms. The fourth-order valence-corrected chi connectivity index (χ4v) is 7.34. The largest absolute Gasteiger partial charge is 0.507 e. The Kier molecular flexibility index (Phi) is 7.45. The molecule has 0 aliphatic heterocycles. The van der Waals surface area contributed by atoms with Crippen LogP contribution in [0.3, 0.4) is 0 Å². The number of Topliss-reactive ketones (excluding diaryl/α,β-unsaturated/α-hetero) is 5. The SMILES string of the molecule is CCc1cc(CCCc2ccc(C(C)=O)cc2)c(O)c2c1C[C@H]1C[C@H]3CC(C)=C(C(C)=O)C(=O)[C@@]3(O)C(=O)C1C2=O. The summed E-state index contributed by atoms with van der Waals surface area (Å²) in [6.45, 7) is 6.44. The minimum Gasteiger partial charge on any atom is -0.507 e. The van der Waals surface area contributed by atoms with Crippen molar-refractivity contribution in [3.05, 3.63) is 74.9 Å². The number of carbonyl (C=O) groups excluding carboxylic acids is 5. The van der Waals surface area contributed by atoms with Crippen LogP contribution in [0.15, 0.2) is 41.5 Å². The molecule has 0 spiro atoms. The number of carbonyl (C=O) groups is 5. The molecule has 4 atom stereocenters. The van der Waals surface area contributed by atoms with Crippen LogP contribution in [0.25, 0.3) is 0 Å². The van der Waals surface area contributed by atoms with Crippen molar-refractivity contribution in [3.8, 4) is 5.75 Å². The highest BCUT2D eigenvalue weighted by Gasteiger charge is 2.63. The summed E-state index contributed by atoms with van der Waals surface area (Å²) < 4.78 is 0. The van der Waals surface area contributed by atoms with Gasteiger partial charge in [0.25, 0.3) is 0 Å². The highest BCUT2D eigenvalue weighted by Crippen LogP contribution is 2.51. The van der Waals surface area contributed by atoms with Crippen LogP contribution in [-0.2, 0) is 40.1 Å². The number of phenolic OH excluding ortho intramolecular Hbond substituents is 1. The van der Waals surface area contributed by atoms with E-state index in [-0.39, 0.29) is 35.0 Å². The van der Waals surface area contributed by atoms with Crippen LogP contribution in [0.5, 0.6) is 5.75 Å². The number of aromatic hydroxyl groups is 1. The number of hydrogen-bond donors (Lipinski definition) is 2. The molecule has 5 rings (SSSR count). The molecule has 0 radical (unpaired) electrons. The van der Waals surface area contributed by atoms with Gasteiger partial charge in [0.05, 0.1) is 17.1 Å². The predicted molar refractivity (Wildman–Crippen MR) is 152 cm³/mol. The van der Waals surface area contributed by atoms with E-state index in [1.807, 2.05) is 25.1 Å². The summed E-state index contributed by atoms with van der Waals surface area (Å²) >= 11 is 0. The van der Waals surface area contributed by atoms with E-state index in [4.69, 9.17) is 0 Å². The van der Waals surface area contributed by atoms with Gasteiger partial charge in [0, 0.05) is 11.5 Å². The maximum Gasteiger partial charge on any atom is 0.205 e. The van der Waals surface area contributed by atoms with Gasteiger partial charge in [-0.15, -0.1) is 0 Å². The molecule has 0 heterocycles. The molecular weight excluding hydrogens is 520 g/mol. The van der Waals surface area contributed by atoms with Crippen LogP contribution in [-0.4, -0.2) is 44.7 Å². The molecule has 1 fully saturated rings. The van der Waals surface area contributed by atoms with Crippen LogP contribution in [0.4, 0.5) is 0 Å². The number of hydrogen-bond acceptors (Lipinski definition) is 7. The molecule has 3 aliphatic carbocycles. The van der Waals surface area contributed by atoms with E-state index in [0.29, 0.717) is 48.8 Å². The van der Waals surface area contributed by atoms with Gasteiger partial charge in [0.15, 0.2) is 28.7 Å². The van der Waals surface area contributed by atoms with Crippen molar-refractivity contribution in [2.75, 3.05) is 0 Å². The van der Waals surface area contributed by atoms with Crippen molar-refractivity contribution in [3.63, 3.8) is 0 Å². The molecule has 0 aromatic heterocycles. The lowest BCUT2D eigenvalue weighted by Gasteiger charge is -2.48. The van der Waals surface area contributed by atoms with Crippen molar-refractivity contribution < 1.29 is 34.2 Å². The third-order valence-electron chi connectivity index (χ3n) is 9.44. The van der Waals surface area contributed by atoms with Crippen LogP contribution in [0.2, 0.25) is 0 Å². The zero-order chi connectivity index (χ0) is 29.8. The van der Waals surface area contributed by atoms with E-state index in [1.165, 1.54) is 13.8 Å². The summed E-state index contributed by atoms with van der Waals surface area (Å²) in [7, 11) is 0. The molecule has 1 unspecified atom stereocenters. The Morgan fingerprint density at radius 1 is 0.976 bits per heavy atom. The second kappa shape index (κ2) is 10.6. The van der Waals surface area contributed by atoms with Gasteiger partial charge < -0.3 is 10.2 Å². The van der Waals surface area contributed by atoms with Crippen LogP contribution < -0.4 is 0 Å². The van der Waals surface area contributed by atoms with Crippen molar-refractivity contribution in [1.82, 2.24) is 0 Å². The third-order valence-corrected chi connectivity index (χ3v) is 9.44. The standard InChI is InChI=1S/C34H36O7/c1-5-21-14-23(8-6-7-20-9-11-22(12-10-20)18(3)35)30(37)29-26(21)16-24-15-25-13-17(2)27(19(4)36)32(39)34(25,41)33(40)28(24)31(29)38/h9-12,14,24-25,28,37,41H,5-8,13,15-16H2,1-4H3/t24-,25-,28?,34-/m1/s1. The highest BCUT2D eigenvalue weighted by molar-refractivity contribution is 6.32. The quantitative estimate of drug-likeness (QED) is 0.292. The second-order valence-corrected chi connectivity index (χ2v) is 12.0. The Labute approximate surface area is 239 Å². The van der Waals surface area contributed by atoms with E-state index >= 15 is 0 Å². The first kappa shape index (κ1) is 28.8. The Balaban J connectivity index is 1.44. The van der Waals surface area contributed by atoms with Crippen molar-refractivity contribution >= 4 is 28.9 Å². The Hall–Kier alpha value is -3.71. The minimum atomic E-state index is -2.41. The maximum atomic E-state index is 14.0. The number of benzene rings is 2. The van der Waals surface area contributed by atoms with Crippen molar-refractivity contribution in [1.29, 1.82) is 0 Å². The van der Waals surface area contributed by atoms with Gasteiger partial charge in [-0.2, -0.15) is 0 Å². The Morgan fingerprint density at radius 2 is 1.66 bits per heavy atom. The summed E-state index contributed by atoms with van der Waals surface area (Å²) in [5, 5.41) is 22.9. The van der Waals surface area contributed by atoms with Gasteiger partial charge in [-0.1, -0.05) is 42.8 Å². The van der Waals surface area contributed by atoms with Gasteiger partial charge >= 0.3 is 0 Å². The predicted octanol–water partition coefficient (Wildman–Crippen LogP) is 4.50. The van der Waals surface area contributed by atoms with Gasteiger partial charge in [0.1, 0.15) is 5.75 Å². The second-order valence-electron chi connectivity index (χ2n) is 12.0. The zero-order valence-electron chi connectivity index (χ0n) is 24.0. The Bertz CT molecular complexity index is 1530. The van der Waals surface area contributed by atoms with Crippen molar-refractivity contribution in [2.45, 2.75) is 78.2 Å². The molecule has 7 nitrogen and oxygen atoms in total. The first-order valence-electron chi connectivity index (χ1n) is 14.4. The normalized spacial score (nSPS) is 25.5. The van der Waals surface area contributed by atoms with Gasteiger partial charge in [-0.05, 0) is 93.9 Å². The average Bonchev–Trinajstić information content (AvgIpc) is 2.92. The zero-order valence-corrected chi connectivity index (χ0v) is 24.0. The van der Waals surface area contributed by atoms with Crippen molar-refractivity contribution in [2.24, 2.45) is 17.8 Å². The lowest BCUT2D eigenvalue weighted by Crippen LogP contribution is -2.64. The summed E-state index contributed by atoms with van der Waals surface area (Å²) in [6.07, 6.45) is 3.53. The van der Waals surface area contributed by atoms with E-state index in [9.17, 15) is 34.2 Å².